The molecule has 6 heteroatoms. The predicted octanol–water partition coefficient (Wildman–Crippen LogP) is 2.85. The molecule has 0 bridgehead atoms. The van der Waals surface area contributed by atoms with Crippen LogP contribution in [-0.4, -0.2) is 41.8 Å². The van der Waals surface area contributed by atoms with Crippen molar-refractivity contribution in [3.63, 3.8) is 0 Å². The maximum Gasteiger partial charge on any atom is 0.228 e. The summed E-state index contributed by atoms with van der Waals surface area (Å²) in [5, 5.41) is 2.65. The lowest BCUT2D eigenvalue weighted by Crippen LogP contribution is -2.33. The Kier molecular flexibility index (Phi) is 5.30. The van der Waals surface area contributed by atoms with Crippen molar-refractivity contribution in [2.45, 2.75) is 51.4 Å². The zero-order valence-corrected chi connectivity index (χ0v) is 14.6. The summed E-state index contributed by atoms with van der Waals surface area (Å²) in [5.74, 6) is 0.928. The van der Waals surface area contributed by atoms with Crippen LogP contribution in [0.4, 0.5) is 5.13 Å². The molecule has 5 nitrogen and oxygen atoms in total. The van der Waals surface area contributed by atoms with Gasteiger partial charge in [-0.3, -0.25) is 14.5 Å². The van der Waals surface area contributed by atoms with E-state index in [1.165, 1.54) is 43.4 Å². The van der Waals surface area contributed by atoms with E-state index in [0.717, 1.165) is 30.3 Å². The monoisotopic (exact) mass is 335 g/mol. The third kappa shape index (κ3) is 4.10. The summed E-state index contributed by atoms with van der Waals surface area (Å²) in [7, 11) is 1.90. The van der Waals surface area contributed by atoms with E-state index in [4.69, 9.17) is 0 Å². The molecule has 0 aromatic carbocycles. The third-order valence-electron chi connectivity index (χ3n) is 4.86. The number of hydrogen-bond donors (Lipinski definition) is 0. The van der Waals surface area contributed by atoms with Gasteiger partial charge in [0.15, 0.2) is 5.13 Å². The summed E-state index contributed by atoms with van der Waals surface area (Å²) in [5.41, 5.74) is 0.783. The molecular formula is C17H25N3O2S. The molecule has 1 aromatic rings. The smallest absolute Gasteiger partial charge is 0.228 e. The standard InChI is InChI=1S/C17H25N3O2S/c1-19(11-13-6-3-2-4-7-13)16(22)10-14-12-23-17(18-14)20-9-5-8-15(20)21/h12-13H,2-11H2,1H3. The Labute approximate surface area is 141 Å². The summed E-state index contributed by atoms with van der Waals surface area (Å²) in [6.45, 7) is 1.61. The second-order valence-electron chi connectivity index (χ2n) is 6.73. The minimum atomic E-state index is 0.125. The molecule has 1 saturated carbocycles. The number of nitrogens with zero attached hydrogens (tertiary/aromatic N) is 3. The van der Waals surface area contributed by atoms with Gasteiger partial charge in [0.1, 0.15) is 0 Å². The zero-order valence-electron chi connectivity index (χ0n) is 13.8. The van der Waals surface area contributed by atoms with Crippen LogP contribution in [0.5, 0.6) is 0 Å². The highest BCUT2D eigenvalue weighted by Gasteiger charge is 2.25. The fourth-order valence-corrected chi connectivity index (χ4v) is 4.37. The van der Waals surface area contributed by atoms with Gasteiger partial charge in [-0.25, -0.2) is 4.98 Å². The fraction of sp³-hybridized carbons (Fsp3) is 0.706. The van der Waals surface area contributed by atoms with Crippen LogP contribution in [0.3, 0.4) is 0 Å². The molecule has 1 aliphatic heterocycles. The van der Waals surface area contributed by atoms with Gasteiger partial charge in [-0.15, -0.1) is 11.3 Å². The van der Waals surface area contributed by atoms with Gasteiger partial charge < -0.3 is 4.90 Å². The number of hydrogen-bond acceptors (Lipinski definition) is 4. The fourth-order valence-electron chi connectivity index (χ4n) is 3.50. The topological polar surface area (TPSA) is 53.5 Å². The average Bonchev–Trinajstić information content (AvgIpc) is 3.17. The second kappa shape index (κ2) is 7.43. The van der Waals surface area contributed by atoms with E-state index in [-0.39, 0.29) is 11.8 Å². The Hall–Kier alpha value is -1.43. The largest absolute Gasteiger partial charge is 0.345 e. The molecule has 126 valence electrons. The van der Waals surface area contributed by atoms with Crippen LogP contribution < -0.4 is 4.90 Å². The van der Waals surface area contributed by atoms with Crippen LogP contribution in [0.25, 0.3) is 0 Å². The SMILES string of the molecule is CN(CC1CCCCC1)C(=O)Cc1csc(N2CCCC2=O)n1. The molecule has 2 fully saturated rings. The van der Waals surface area contributed by atoms with Crippen molar-refractivity contribution >= 4 is 28.3 Å². The number of rotatable bonds is 5. The van der Waals surface area contributed by atoms with Crippen molar-refractivity contribution in [3.05, 3.63) is 11.1 Å². The van der Waals surface area contributed by atoms with Crippen LogP contribution in [0.1, 0.15) is 50.6 Å². The van der Waals surface area contributed by atoms with E-state index in [1.54, 1.807) is 4.90 Å². The predicted molar refractivity (Wildman–Crippen MR) is 91.6 cm³/mol. The van der Waals surface area contributed by atoms with E-state index in [1.807, 2.05) is 17.3 Å². The molecule has 1 aromatic heterocycles. The third-order valence-corrected chi connectivity index (χ3v) is 5.77. The first kappa shape index (κ1) is 16.4. The Balaban J connectivity index is 1.53. The number of thiazole rings is 1. The molecule has 2 aliphatic rings. The molecular weight excluding hydrogens is 310 g/mol. The highest BCUT2D eigenvalue weighted by Crippen LogP contribution is 2.26. The van der Waals surface area contributed by atoms with E-state index in [9.17, 15) is 9.59 Å². The van der Waals surface area contributed by atoms with Crippen LogP contribution >= 0.6 is 11.3 Å². The summed E-state index contributed by atoms with van der Waals surface area (Å²) in [6, 6.07) is 0. The number of anilines is 1. The maximum atomic E-state index is 12.4. The Morgan fingerprint density at radius 1 is 1.35 bits per heavy atom. The van der Waals surface area contributed by atoms with Gasteiger partial charge in [0, 0.05) is 31.9 Å². The van der Waals surface area contributed by atoms with Gasteiger partial charge in [-0.2, -0.15) is 0 Å². The van der Waals surface area contributed by atoms with Crippen LogP contribution in [0.15, 0.2) is 5.38 Å². The molecule has 0 N–H and O–H groups in total. The number of aromatic nitrogens is 1. The quantitative estimate of drug-likeness (QED) is 0.831. The van der Waals surface area contributed by atoms with Gasteiger partial charge in [0.25, 0.3) is 0 Å². The van der Waals surface area contributed by atoms with Gasteiger partial charge in [-0.1, -0.05) is 19.3 Å². The number of carbonyl (C=O) groups is 2. The molecule has 1 saturated heterocycles. The lowest BCUT2D eigenvalue weighted by atomic mass is 9.89. The van der Waals surface area contributed by atoms with Gasteiger partial charge in [-0.05, 0) is 25.2 Å². The van der Waals surface area contributed by atoms with Gasteiger partial charge in [0.05, 0.1) is 12.1 Å². The Bertz CT molecular complexity index is 566. The summed E-state index contributed by atoms with van der Waals surface area (Å²) in [6.07, 6.45) is 8.27. The van der Waals surface area contributed by atoms with E-state index in [0.29, 0.717) is 18.8 Å². The summed E-state index contributed by atoms with van der Waals surface area (Å²) >= 11 is 1.46. The lowest BCUT2D eigenvalue weighted by Gasteiger charge is -2.27. The maximum absolute atomic E-state index is 12.4. The van der Waals surface area contributed by atoms with Crippen LogP contribution in [0.2, 0.25) is 0 Å². The molecule has 0 unspecified atom stereocenters. The van der Waals surface area contributed by atoms with Crippen LogP contribution in [0, 0.1) is 5.92 Å². The summed E-state index contributed by atoms with van der Waals surface area (Å²) < 4.78 is 0. The highest BCUT2D eigenvalue weighted by molar-refractivity contribution is 7.14. The molecule has 1 aliphatic carbocycles. The molecule has 2 amide bonds. The molecule has 2 heterocycles. The highest BCUT2D eigenvalue weighted by atomic mass is 32.1. The number of amides is 2. The average molecular weight is 335 g/mol. The van der Waals surface area contributed by atoms with Gasteiger partial charge >= 0.3 is 0 Å². The van der Waals surface area contributed by atoms with Crippen LogP contribution in [-0.2, 0) is 16.0 Å². The minimum absolute atomic E-state index is 0.125. The van der Waals surface area contributed by atoms with Crippen molar-refractivity contribution in [2.24, 2.45) is 5.92 Å². The number of likely N-dealkylation sites (N-methyl/N-ethyl adjacent to an activating group) is 1. The van der Waals surface area contributed by atoms with Crippen molar-refractivity contribution in [3.8, 4) is 0 Å². The first-order valence-electron chi connectivity index (χ1n) is 8.62. The first-order valence-corrected chi connectivity index (χ1v) is 9.50. The zero-order chi connectivity index (χ0) is 16.2. The molecule has 0 spiro atoms. The molecule has 0 radical (unpaired) electrons. The molecule has 0 atom stereocenters. The van der Waals surface area contributed by atoms with Crippen molar-refractivity contribution in [1.82, 2.24) is 9.88 Å². The van der Waals surface area contributed by atoms with Crippen molar-refractivity contribution in [2.75, 3.05) is 25.0 Å². The first-order chi connectivity index (χ1) is 11.1. The van der Waals surface area contributed by atoms with Crippen molar-refractivity contribution in [1.29, 1.82) is 0 Å². The van der Waals surface area contributed by atoms with Crippen molar-refractivity contribution < 1.29 is 9.59 Å². The second-order valence-corrected chi connectivity index (χ2v) is 7.56. The Morgan fingerprint density at radius 3 is 2.83 bits per heavy atom. The Morgan fingerprint density at radius 2 is 2.13 bits per heavy atom. The minimum Gasteiger partial charge on any atom is -0.345 e. The van der Waals surface area contributed by atoms with Gasteiger partial charge in [0.2, 0.25) is 11.8 Å². The lowest BCUT2D eigenvalue weighted by molar-refractivity contribution is -0.129. The molecule has 3 rings (SSSR count). The number of carbonyl (C=O) groups excluding carboxylic acids is 2. The molecule has 23 heavy (non-hydrogen) atoms. The van der Waals surface area contributed by atoms with E-state index < -0.39 is 0 Å². The summed E-state index contributed by atoms with van der Waals surface area (Å²) in [4.78, 5) is 32.2. The van der Waals surface area contributed by atoms with E-state index >= 15 is 0 Å². The van der Waals surface area contributed by atoms with E-state index in [2.05, 4.69) is 4.98 Å². The normalized spacial score (nSPS) is 19.3.